The zero-order valence-electron chi connectivity index (χ0n) is 10.8. The minimum atomic E-state index is -0.263. The van der Waals surface area contributed by atoms with E-state index in [4.69, 9.17) is 9.84 Å². The number of ether oxygens (including phenoxy) is 1. The number of nitrogens with one attached hydrogen (secondary N) is 2. The molecule has 3 N–H and O–H groups in total. The molecule has 0 aliphatic rings. The van der Waals surface area contributed by atoms with Gasteiger partial charge in [0.25, 0.3) is 0 Å². The van der Waals surface area contributed by atoms with E-state index >= 15 is 0 Å². The molecule has 0 heterocycles. The summed E-state index contributed by atoms with van der Waals surface area (Å²) in [6.45, 7) is 7.54. The predicted octanol–water partition coefficient (Wildman–Crippen LogP) is 0.870. The lowest BCUT2D eigenvalue weighted by Gasteiger charge is -2.27. The molecule has 5 heteroatoms. The highest BCUT2D eigenvalue weighted by Crippen LogP contribution is 2.15. The molecular formula is C11H24N2O3. The van der Waals surface area contributed by atoms with Gasteiger partial charge in [-0.3, -0.25) is 0 Å². The van der Waals surface area contributed by atoms with Crippen molar-refractivity contribution in [2.75, 3.05) is 13.7 Å². The number of carbonyl (C=O) groups is 1. The first-order valence-electron chi connectivity index (χ1n) is 5.53. The van der Waals surface area contributed by atoms with Crippen LogP contribution < -0.4 is 10.6 Å². The molecule has 5 nitrogen and oxygen atoms in total. The van der Waals surface area contributed by atoms with E-state index in [1.807, 2.05) is 20.8 Å². The lowest BCUT2D eigenvalue weighted by atomic mass is 10.00. The first-order chi connectivity index (χ1) is 7.30. The molecule has 0 rings (SSSR count). The maximum absolute atomic E-state index is 11.4. The van der Waals surface area contributed by atoms with Crippen molar-refractivity contribution in [2.24, 2.45) is 0 Å². The molecule has 0 aromatic carbocycles. The molecule has 0 aliphatic heterocycles. The van der Waals surface area contributed by atoms with E-state index in [2.05, 4.69) is 10.6 Å². The Morgan fingerprint density at radius 2 is 1.81 bits per heavy atom. The molecule has 2 unspecified atom stereocenters. The summed E-state index contributed by atoms with van der Waals surface area (Å²) in [5, 5.41) is 14.2. The summed E-state index contributed by atoms with van der Waals surface area (Å²) in [5.74, 6) is 0. The molecule has 0 saturated carbocycles. The monoisotopic (exact) mass is 232 g/mol. The van der Waals surface area contributed by atoms with Gasteiger partial charge in [-0.25, -0.2) is 4.79 Å². The second kappa shape index (κ2) is 6.70. The molecule has 0 aromatic heterocycles. The lowest BCUT2D eigenvalue weighted by molar-refractivity contribution is 0.00947. The zero-order chi connectivity index (χ0) is 12.8. The lowest BCUT2D eigenvalue weighted by Crippen LogP contribution is -2.47. The molecule has 0 fully saturated rings. The average molecular weight is 232 g/mol. The summed E-state index contributed by atoms with van der Waals surface area (Å²) in [6, 6.07) is -0.482. The molecule has 0 radical (unpaired) electrons. The topological polar surface area (TPSA) is 70.6 Å². The number of aliphatic hydroxyl groups is 1. The molecule has 0 bridgehead atoms. The van der Waals surface area contributed by atoms with Gasteiger partial charge in [-0.05, 0) is 34.1 Å². The standard InChI is InChI=1S/C11H24N2O3/c1-8(6-11(3,4)16-5)12-10(15)13-9(2)7-14/h8-9,14H,6-7H2,1-5H3,(H2,12,13,15). The van der Waals surface area contributed by atoms with Crippen LogP contribution in [0, 0.1) is 0 Å². The van der Waals surface area contributed by atoms with Gasteiger partial charge in [0.15, 0.2) is 0 Å². The number of rotatable bonds is 6. The Bertz CT molecular complexity index is 219. The van der Waals surface area contributed by atoms with Gasteiger partial charge in [0.2, 0.25) is 0 Å². The van der Waals surface area contributed by atoms with Crippen molar-refractivity contribution in [3.63, 3.8) is 0 Å². The fourth-order valence-electron chi connectivity index (χ4n) is 1.41. The smallest absolute Gasteiger partial charge is 0.315 e. The van der Waals surface area contributed by atoms with Gasteiger partial charge in [0.05, 0.1) is 18.2 Å². The minimum Gasteiger partial charge on any atom is -0.394 e. The van der Waals surface area contributed by atoms with E-state index in [1.54, 1.807) is 14.0 Å². The molecule has 0 saturated heterocycles. The highest BCUT2D eigenvalue weighted by molar-refractivity contribution is 5.74. The van der Waals surface area contributed by atoms with E-state index in [1.165, 1.54) is 0 Å². The van der Waals surface area contributed by atoms with Crippen molar-refractivity contribution >= 4 is 6.03 Å². The number of urea groups is 1. The largest absolute Gasteiger partial charge is 0.394 e. The summed E-state index contributed by atoms with van der Waals surface area (Å²) in [7, 11) is 1.65. The van der Waals surface area contributed by atoms with Crippen molar-refractivity contribution in [2.45, 2.75) is 51.8 Å². The fraction of sp³-hybridized carbons (Fsp3) is 0.909. The van der Waals surface area contributed by atoms with Crippen molar-refractivity contribution < 1.29 is 14.6 Å². The third-order valence-electron chi connectivity index (χ3n) is 2.38. The quantitative estimate of drug-likeness (QED) is 0.636. The first kappa shape index (κ1) is 15.2. The second-order valence-corrected chi connectivity index (χ2v) is 4.77. The van der Waals surface area contributed by atoms with Crippen LogP contribution >= 0.6 is 0 Å². The van der Waals surface area contributed by atoms with E-state index < -0.39 is 0 Å². The number of amides is 2. The van der Waals surface area contributed by atoms with Crippen LogP contribution in [0.15, 0.2) is 0 Å². The molecule has 0 aromatic rings. The van der Waals surface area contributed by atoms with Crippen molar-refractivity contribution in [3.05, 3.63) is 0 Å². The van der Waals surface area contributed by atoms with Gasteiger partial charge in [-0.2, -0.15) is 0 Å². The summed E-state index contributed by atoms with van der Waals surface area (Å²) in [4.78, 5) is 11.4. The molecular weight excluding hydrogens is 208 g/mol. The molecule has 0 aliphatic carbocycles. The third kappa shape index (κ3) is 6.63. The fourth-order valence-corrected chi connectivity index (χ4v) is 1.41. The SMILES string of the molecule is COC(C)(C)CC(C)NC(=O)NC(C)CO. The molecule has 2 atom stereocenters. The first-order valence-corrected chi connectivity index (χ1v) is 5.53. The third-order valence-corrected chi connectivity index (χ3v) is 2.38. The number of methoxy groups -OCH3 is 1. The van der Waals surface area contributed by atoms with Gasteiger partial charge in [-0.1, -0.05) is 0 Å². The van der Waals surface area contributed by atoms with E-state index in [-0.39, 0.29) is 30.3 Å². The Labute approximate surface area is 97.6 Å². The predicted molar refractivity (Wildman–Crippen MR) is 63.4 cm³/mol. The summed E-state index contributed by atoms with van der Waals surface area (Å²) < 4.78 is 5.28. The Morgan fingerprint density at radius 3 is 2.25 bits per heavy atom. The zero-order valence-corrected chi connectivity index (χ0v) is 10.8. The Hall–Kier alpha value is -0.810. The molecule has 0 spiro atoms. The number of aliphatic hydroxyl groups excluding tert-OH is 1. The van der Waals surface area contributed by atoms with Gasteiger partial charge >= 0.3 is 6.03 Å². The van der Waals surface area contributed by atoms with Crippen molar-refractivity contribution in [3.8, 4) is 0 Å². The molecule has 16 heavy (non-hydrogen) atoms. The van der Waals surface area contributed by atoms with Crippen molar-refractivity contribution in [1.82, 2.24) is 10.6 Å². The van der Waals surface area contributed by atoms with Crippen molar-refractivity contribution in [1.29, 1.82) is 0 Å². The Balaban J connectivity index is 3.96. The van der Waals surface area contributed by atoms with E-state index in [9.17, 15) is 4.79 Å². The van der Waals surface area contributed by atoms with E-state index in [0.717, 1.165) is 6.42 Å². The van der Waals surface area contributed by atoms with Gasteiger partial charge in [-0.15, -0.1) is 0 Å². The summed E-state index contributed by atoms with van der Waals surface area (Å²) in [5.41, 5.74) is -0.255. The Morgan fingerprint density at radius 1 is 1.31 bits per heavy atom. The summed E-state index contributed by atoms with van der Waals surface area (Å²) >= 11 is 0. The van der Waals surface area contributed by atoms with Gasteiger partial charge in [0, 0.05) is 13.2 Å². The highest BCUT2D eigenvalue weighted by atomic mass is 16.5. The molecule has 96 valence electrons. The Kier molecular flexibility index (Phi) is 6.36. The maximum Gasteiger partial charge on any atom is 0.315 e. The van der Waals surface area contributed by atoms with Crippen LogP contribution in [0.4, 0.5) is 4.79 Å². The van der Waals surface area contributed by atoms with Crippen LogP contribution in [-0.4, -0.2) is 42.5 Å². The number of carbonyl (C=O) groups excluding carboxylic acids is 1. The molecule has 2 amide bonds. The van der Waals surface area contributed by atoms with Crippen LogP contribution in [-0.2, 0) is 4.74 Å². The normalized spacial score (nSPS) is 15.4. The highest BCUT2D eigenvalue weighted by Gasteiger charge is 2.21. The van der Waals surface area contributed by atoms with E-state index in [0.29, 0.717) is 0 Å². The minimum absolute atomic E-state index is 0.0147. The van der Waals surface area contributed by atoms with Gasteiger partial charge < -0.3 is 20.5 Å². The average Bonchev–Trinajstić information content (AvgIpc) is 2.16. The van der Waals surface area contributed by atoms with Crippen LogP contribution in [0.3, 0.4) is 0 Å². The summed E-state index contributed by atoms with van der Waals surface area (Å²) in [6.07, 6.45) is 0.727. The van der Waals surface area contributed by atoms with Crippen LogP contribution in [0.2, 0.25) is 0 Å². The van der Waals surface area contributed by atoms with Crippen LogP contribution in [0.5, 0.6) is 0 Å². The number of hydrogen-bond acceptors (Lipinski definition) is 3. The van der Waals surface area contributed by atoms with Gasteiger partial charge in [0.1, 0.15) is 0 Å². The second-order valence-electron chi connectivity index (χ2n) is 4.77. The van der Waals surface area contributed by atoms with Crippen LogP contribution in [0.1, 0.15) is 34.1 Å². The van der Waals surface area contributed by atoms with Crippen LogP contribution in [0.25, 0.3) is 0 Å². The number of hydrogen-bond donors (Lipinski definition) is 3. The maximum atomic E-state index is 11.4.